The van der Waals surface area contributed by atoms with Crippen LogP contribution in [0.5, 0.6) is 0 Å². The van der Waals surface area contributed by atoms with Crippen LogP contribution >= 0.6 is 71.0 Å². The summed E-state index contributed by atoms with van der Waals surface area (Å²) >= 11 is 21.2. The van der Waals surface area contributed by atoms with Crippen molar-refractivity contribution in [2.24, 2.45) is 0 Å². The smallest absolute Gasteiger partial charge is 0.376 e. The number of amides is 1. The topological polar surface area (TPSA) is 55.8 Å². The van der Waals surface area contributed by atoms with Crippen molar-refractivity contribution in [1.29, 1.82) is 0 Å². The van der Waals surface area contributed by atoms with E-state index in [2.05, 4.69) is 66.5 Å². The molecule has 2 rings (SSSR count). The van der Waals surface area contributed by atoms with Crippen molar-refractivity contribution < 1.29 is 38.0 Å². The summed E-state index contributed by atoms with van der Waals surface area (Å²) in [4.78, 5) is 25.5. The molecule has 5 nitrogen and oxygen atoms in total. The van der Waals surface area contributed by atoms with Crippen LogP contribution in [0, 0.1) is 6.92 Å². The van der Waals surface area contributed by atoms with Gasteiger partial charge in [-0.1, -0.05) is 84.3 Å². The Balaban J connectivity index is -0.000000202. The predicted octanol–water partition coefficient (Wildman–Crippen LogP) is 7.64. The van der Waals surface area contributed by atoms with E-state index in [1.807, 2.05) is 45.9 Å². The minimum Gasteiger partial charge on any atom is -0.376 e. The molecule has 0 unspecified atom stereocenters. The van der Waals surface area contributed by atoms with Crippen LogP contribution in [0.15, 0.2) is 49.8 Å². The van der Waals surface area contributed by atoms with Crippen molar-refractivity contribution in [2.75, 3.05) is 14.2 Å². The molecule has 0 spiro atoms. The number of carbonyl (C=O) groups is 2. The molecule has 218 valence electrons. The summed E-state index contributed by atoms with van der Waals surface area (Å²) in [6, 6.07) is 10.8. The third-order valence-electron chi connectivity index (χ3n) is 3.71. The van der Waals surface area contributed by atoms with Crippen molar-refractivity contribution in [2.45, 2.75) is 73.5 Å². The molecule has 0 aliphatic rings. The van der Waals surface area contributed by atoms with Crippen LogP contribution in [0.25, 0.3) is 0 Å². The van der Waals surface area contributed by atoms with Crippen molar-refractivity contribution in [3.05, 3.63) is 72.3 Å². The number of Topliss-reactive ketones (excluding diaryl/α,β-unsaturated/α-hetero) is 1. The number of benzene rings is 2. The number of nitrogens with zero attached hydrogens (tertiary/aromatic N) is 1. The van der Waals surface area contributed by atoms with E-state index in [1.54, 1.807) is 25.2 Å². The van der Waals surface area contributed by atoms with E-state index >= 15 is 0 Å². The predicted molar refractivity (Wildman–Crippen MR) is 173 cm³/mol. The molecule has 0 radical (unpaired) electrons. The first-order valence-electron chi connectivity index (χ1n) is 11.8. The Labute approximate surface area is 283 Å². The normalized spacial score (nSPS) is 9.26. The third kappa shape index (κ3) is 32.5. The van der Waals surface area contributed by atoms with Gasteiger partial charge in [0.15, 0.2) is 5.78 Å². The first-order chi connectivity index (χ1) is 17.5. The largest absolute Gasteiger partial charge is 1.00 e. The summed E-state index contributed by atoms with van der Waals surface area (Å²) in [5, 5.41) is 2.46. The maximum atomic E-state index is 10.9. The summed E-state index contributed by atoms with van der Waals surface area (Å²) in [5.74, 6) is -0.0734. The monoisotopic (exact) mass is 769 g/mol. The van der Waals surface area contributed by atoms with Crippen LogP contribution < -0.4 is 18.9 Å². The average molecular weight is 773 g/mol. The molecule has 0 fully saturated rings. The summed E-state index contributed by atoms with van der Waals surface area (Å²) in [6.45, 7) is 16.8. The Morgan fingerprint density at radius 3 is 1.41 bits per heavy atom. The molecule has 0 aromatic heterocycles. The molecule has 0 saturated heterocycles. The first kappa shape index (κ1) is 46.1. The fourth-order valence-electron chi connectivity index (χ4n) is 1.95. The standard InChI is InChI=1S/C8H6BrClO.C6H3Br2Cl.C6H14O.C4H9NO2.C4H9.Li/c1-5(11)6-2-7(9)4-8(10)3-6;7-4-1-5(8)3-6(9)2-4;1-5(2)7-6(3)4;1-4(6)5(2)7-3;1-3-4-2;/h2-4H,1H3;1-3H;5-6H,1-4H3;1-3H3;1,3-4H2,2H3;/q;;;;-1;+1. The molecule has 0 aliphatic heterocycles. The van der Waals surface area contributed by atoms with E-state index in [0.29, 0.717) is 22.8 Å². The Bertz CT molecular complexity index is 857. The van der Waals surface area contributed by atoms with E-state index in [-0.39, 0.29) is 30.6 Å². The number of rotatable bonds is 5. The maximum Gasteiger partial charge on any atom is 1.00 e. The van der Waals surface area contributed by atoms with Crippen LogP contribution in [0.1, 0.15) is 71.7 Å². The fraction of sp³-hybridized carbons (Fsp3) is 0.464. The van der Waals surface area contributed by atoms with Gasteiger partial charge in [-0.2, -0.15) is 6.42 Å². The second-order valence-electron chi connectivity index (χ2n) is 8.09. The third-order valence-corrected chi connectivity index (χ3v) is 5.52. The number of carbonyl (C=O) groups excluding carboxylic acids is 2. The number of halogens is 5. The number of ether oxygens (including phenoxy) is 1. The van der Waals surface area contributed by atoms with Crippen molar-refractivity contribution in [1.82, 2.24) is 5.06 Å². The zero-order valence-corrected chi connectivity index (χ0v) is 31.0. The summed E-state index contributed by atoms with van der Waals surface area (Å²) in [6.07, 6.45) is 3.03. The van der Waals surface area contributed by atoms with Crippen molar-refractivity contribution in [3.63, 3.8) is 0 Å². The van der Waals surface area contributed by atoms with E-state index in [0.717, 1.165) is 29.9 Å². The Morgan fingerprint density at radius 1 is 0.872 bits per heavy atom. The molecule has 0 heterocycles. The molecular weight excluding hydrogens is 732 g/mol. The van der Waals surface area contributed by atoms with E-state index in [1.165, 1.54) is 27.4 Å². The zero-order valence-electron chi connectivity index (χ0n) is 24.7. The van der Waals surface area contributed by atoms with E-state index in [4.69, 9.17) is 27.9 Å². The van der Waals surface area contributed by atoms with Crippen LogP contribution in [-0.2, 0) is 14.4 Å². The Kier molecular flexibility index (Phi) is 33.4. The molecule has 39 heavy (non-hydrogen) atoms. The molecule has 2 aromatic rings. The van der Waals surface area contributed by atoms with Gasteiger partial charge in [0.2, 0.25) is 5.91 Å². The Hall–Kier alpha value is 0.117. The molecule has 0 bridgehead atoms. The van der Waals surface area contributed by atoms with Gasteiger partial charge in [0, 0.05) is 43.0 Å². The second-order valence-corrected chi connectivity index (χ2v) is 11.7. The van der Waals surface area contributed by atoms with E-state index in [9.17, 15) is 9.59 Å². The van der Waals surface area contributed by atoms with Crippen molar-refractivity contribution in [3.8, 4) is 0 Å². The van der Waals surface area contributed by atoms with Gasteiger partial charge in [-0.15, -0.1) is 0 Å². The van der Waals surface area contributed by atoms with Crippen LogP contribution in [0.4, 0.5) is 0 Å². The second kappa shape index (κ2) is 28.2. The number of unbranched alkanes of at least 4 members (excludes halogenated alkanes) is 1. The molecule has 1 amide bonds. The van der Waals surface area contributed by atoms with Crippen LogP contribution in [0.2, 0.25) is 10.0 Å². The van der Waals surface area contributed by atoms with Gasteiger partial charge in [-0.3, -0.25) is 14.4 Å². The van der Waals surface area contributed by atoms with Gasteiger partial charge in [-0.05, 0) is 71.0 Å². The number of hydrogen-bond donors (Lipinski definition) is 0. The molecule has 0 aliphatic carbocycles. The number of hydroxylamine groups is 2. The number of ketones is 1. The molecule has 11 heteroatoms. The summed E-state index contributed by atoms with van der Waals surface area (Å²) < 4.78 is 8.05. The van der Waals surface area contributed by atoms with Crippen LogP contribution in [0.3, 0.4) is 0 Å². The molecule has 0 atom stereocenters. The SMILES string of the molecule is CC(=O)c1cc(Cl)cc(Br)c1.CC(C)OC(C)C.CON(C)C(C)=O.Clc1cc(Br)cc(Br)c1.[CH2-]CCC.[Li+]. The van der Waals surface area contributed by atoms with Crippen molar-refractivity contribution >= 4 is 82.7 Å². The molecular formula is C28H41Br3Cl2LiNO4. The Morgan fingerprint density at radius 2 is 1.23 bits per heavy atom. The quantitative estimate of drug-likeness (QED) is 0.136. The van der Waals surface area contributed by atoms with E-state index < -0.39 is 0 Å². The summed E-state index contributed by atoms with van der Waals surface area (Å²) in [7, 11) is 3.00. The van der Waals surface area contributed by atoms with Crippen LogP contribution in [-0.4, -0.2) is 43.1 Å². The number of hydrogen-bond acceptors (Lipinski definition) is 4. The minimum atomic E-state index is -0.0949. The van der Waals surface area contributed by atoms with Gasteiger partial charge in [0.25, 0.3) is 0 Å². The van der Waals surface area contributed by atoms with Gasteiger partial charge in [0.05, 0.1) is 19.3 Å². The zero-order chi connectivity index (χ0) is 30.4. The van der Waals surface area contributed by atoms with Gasteiger partial charge >= 0.3 is 18.9 Å². The molecule has 0 N–H and O–H groups in total. The molecule has 0 saturated carbocycles. The molecule has 2 aromatic carbocycles. The minimum absolute atomic E-state index is 0. The summed E-state index contributed by atoms with van der Waals surface area (Å²) in [5.41, 5.74) is 0.629. The van der Waals surface area contributed by atoms with Gasteiger partial charge in [-0.25, -0.2) is 5.06 Å². The van der Waals surface area contributed by atoms with Gasteiger partial charge in [0.1, 0.15) is 0 Å². The first-order valence-corrected chi connectivity index (χ1v) is 15.0. The maximum absolute atomic E-state index is 10.9. The average Bonchev–Trinajstić information content (AvgIpc) is 2.77. The van der Waals surface area contributed by atoms with Gasteiger partial charge < -0.3 is 11.7 Å². The fourth-order valence-corrected chi connectivity index (χ4v) is 4.60.